The Hall–Kier alpha value is -1.91. The van der Waals surface area contributed by atoms with Crippen LogP contribution in [0.2, 0.25) is 10.0 Å². The molecule has 0 saturated heterocycles. The van der Waals surface area contributed by atoms with Crippen LogP contribution in [0, 0.1) is 0 Å². The minimum Gasteiger partial charge on any atom is -0.496 e. The second-order valence-electron chi connectivity index (χ2n) is 7.28. The molecular formula is C21H25Cl2NO3. The average Bonchev–Trinajstić information content (AvgIpc) is 2.57. The Kier molecular flexibility index (Phi) is 7.01. The number of nitrogens with one attached hydrogen (secondary N) is 1. The molecule has 0 unspecified atom stereocenters. The van der Waals surface area contributed by atoms with Gasteiger partial charge in [0, 0.05) is 17.7 Å². The van der Waals surface area contributed by atoms with Gasteiger partial charge in [0.05, 0.1) is 17.2 Å². The number of carbonyl (C=O) groups is 1. The molecule has 0 heterocycles. The summed E-state index contributed by atoms with van der Waals surface area (Å²) in [5.74, 6) is 1.66. The summed E-state index contributed by atoms with van der Waals surface area (Å²) in [5.41, 5.74) is 1.44. The lowest BCUT2D eigenvalue weighted by Crippen LogP contribution is -2.13. The van der Waals surface area contributed by atoms with Crippen molar-refractivity contribution in [3.8, 4) is 17.2 Å². The van der Waals surface area contributed by atoms with Crippen LogP contribution in [0.4, 0.5) is 5.69 Å². The molecule has 2 aromatic rings. The zero-order valence-corrected chi connectivity index (χ0v) is 17.8. The van der Waals surface area contributed by atoms with Crippen molar-refractivity contribution >= 4 is 34.8 Å². The van der Waals surface area contributed by atoms with Crippen LogP contribution in [0.15, 0.2) is 30.3 Å². The molecule has 1 N–H and O–H groups in total. The predicted molar refractivity (Wildman–Crippen MR) is 112 cm³/mol. The molecule has 0 fully saturated rings. The molecule has 0 radical (unpaired) electrons. The largest absolute Gasteiger partial charge is 0.496 e. The second-order valence-corrected chi connectivity index (χ2v) is 8.10. The molecule has 0 aliphatic carbocycles. The third kappa shape index (κ3) is 5.53. The van der Waals surface area contributed by atoms with Crippen molar-refractivity contribution in [1.82, 2.24) is 0 Å². The minimum absolute atomic E-state index is 0.0803. The van der Waals surface area contributed by atoms with Crippen molar-refractivity contribution in [2.45, 2.75) is 46.0 Å². The molecule has 0 spiro atoms. The van der Waals surface area contributed by atoms with E-state index >= 15 is 0 Å². The van der Waals surface area contributed by atoms with Gasteiger partial charge < -0.3 is 14.8 Å². The van der Waals surface area contributed by atoms with Crippen molar-refractivity contribution < 1.29 is 14.3 Å². The summed E-state index contributed by atoms with van der Waals surface area (Å²) in [6, 6.07) is 8.84. The smallest absolute Gasteiger partial charge is 0.224 e. The van der Waals surface area contributed by atoms with Crippen molar-refractivity contribution in [1.29, 1.82) is 0 Å². The number of halogens is 2. The second kappa shape index (κ2) is 8.85. The Balaban J connectivity index is 2.31. The number of amides is 1. The lowest BCUT2D eigenvalue weighted by atomic mass is 9.86. The van der Waals surface area contributed by atoms with Crippen molar-refractivity contribution in [2.75, 3.05) is 12.4 Å². The van der Waals surface area contributed by atoms with E-state index in [9.17, 15) is 4.79 Å². The summed E-state index contributed by atoms with van der Waals surface area (Å²) < 4.78 is 11.4. The Morgan fingerprint density at radius 3 is 2.26 bits per heavy atom. The zero-order valence-electron chi connectivity index (χ0n) is 16.3. The van der Waals surface area contributed by atoms with Gasteiger partial charge in [0.15, 0.2) is 5.75 Å². The molecule has 0 bridgehead atoms. The Morgan fingerprint density at radius 1 is 1.11 bits per heavy atom. The maximum atomic E-state index is 11.8. The molecule has 1 amide bonds. The first-order valence-corrected chi connectivity index (χ1v) is 9.56. The number of anilines is 1. The van der Waals surface area contributed by atoms with Crippen LogP contribution in [0.1, 0.15) is 46.1 Å². The van der Waals surface area contributed by atoms with E-state index < -0.39 is 0 Å². The van der Waals surface area contributed by atoms with E-state index in [2.05, 4.69) is 26.1 Å². The summed E-state index contributed by atoms with van der Waals surface area (Å²) in [6.45, 7) is 8.24. The van der Waals surface area contributed by atoms with Gasteiger partial charge >= 0.3 is 0 Å². The highest BCUT2D eigenvalue weighted by atomic mass is 35.5. The van der Waals surface area contributed by atoms with Crippen LogP contribution >= 0.6 is 23.2 Å². The van der Waals surface area contributed by atoms with E-state index in [4.69, 9.17) is 32.7 Å². The Labute approximate surface area is 170 Å². The number of hydrogen-bond acceptors (Lipinski definition) is 3. The van der Waals surface area contributed by atoms with Crippen LogP contribution in [-0.2, 0) is 10.2 Å². The third-order valence-corrected chi connectivity index (χ3v) is 4.52. The number of carbonyl (C=O) groups excluding carboxylic acids is 1. The highest BCUT2D eigenvalue weighted by molar-refractivity contribution is 6.37. The highest BCUT2D eigenvalue weighted by Crippen LogP contribution is 2.41. The first-order chi connectivity index (χ1) is 12.7. The van der Waals surface area contributed by atoms with Gasteiger partial charge in [-0.3, -0.25) is 4.79 Å². The standard InChI is InChI=1S/C21H25Cl2NO3/c1-6-7-19(25)24-13-10-16(22)20(17(23)11-13)27-14-8-9-18(26-5)15(12-14)21(2,3)4/h8-12H,6-7H2,1-5H3,(H,24,25). The minimum atomic E-state index is -0.119. The SMILES string of the molecule is CCCC(=O)Nc1cc(Cl)c(Oc2ccc(OC)c(C(C)(C)C)c2)c(Cl)c1. The first kappa shape index (κ1) is 21.4. The van der Waals surface area contributed by atoms with E-state index in [0.717, 1.165) is 17.7 Å². The van der Waals surface area contributed by atoms with Gasteiger partial charge in [-0.15, -0.1) is 0 Å². The normalized spacial score (nSPS) is 11.2. The molecule has 0 aliphatic heterocycles. The molecule has 0 aromatic heterocycles. The van der Waals surface area contributed by atoms with E-state index in [1.807, 2.05) is 19.1 Å². The number of methoxy groups -OCH3 is 1. The fourth-order valence-electron chi connectivity index (χ4n) is 2.63. The number of hydrogen-bond donors (Lipinski definition) is 1. The van der Waals surface area contributed by atoms with Gasteiger partial charge in [0.1, 0.15) is 11.5 Å². The molecule has 2 rings (SSSR count). The summed E-state index contributed by atoms with van der Waals surface area (Å²) in [6.07, 6.45) is 1.21. The van der Waals surface area contributed by atoms with Gasteiger partial charge in [-0.1, -0.05) is 50.9 Å². The lowest BCUT2D eigenvalue weighted by molar-refractivity contribution is -0.116. The van der Waals surface area contributed by atoms with Crippen molar-refractivity contribution in [2.24, 2.45) is 0 Å². The van der Waals surface area contributed by atoms with Gasteiger partial charge in [0.2, 0.25) is 5.91 Å². The third-order valence-electron chi connectivity index (χ3n) is 3.96. The van der Waals surface area contributed by atoms with Crippen LogP contribution in [-0.4, -0.2) is 13.0 Å². The molecule has 146 valence electrons. The molecule has 2 aromatic carbocycles. The number of rotatable bonds is 6. The number of benzene rings is 2. The van der Waals surface area contributed by atoms with Gasteiger partial charge in [-0.2, -0.15) is 0 Å². The molecular weight excluding hydrogens is 385 g/mol. The fourth-order valence-corrected chi connectivity index (χ4v) is 3.20. The Bertz CT molecular complexity index is 806. The highest BCUT2D eigenvalue weighted by Gasteiger charge is 2.20. The molecule has 0 aliphatic rings. The van der Waals surface area contributed by atoms with Crippen LogP contribution in [0.5, 0.6) is 17.2 Å². The first-order valence-electron chi connectivity index (χ1n) is 8.81. The molecule has 6 heteroatoms. The average molecular weight is 410 g/mol. The van der Waals surface area contributed by atoms with E-state index in [-0.39, 0.29) is 11.3 Å². The van der Waals surface area contributed by atoms with Crippen LogP contribution in [0.25, 0.3) is 0 Å². The topological polar surface area (TPSA) is 47.6 Å². The Morgan fingerprint density at radius 2 is 1.74 bits per heavy atom. The van der Waals surface area contributed by atoms with Crippen LogP contribution < -0.4 is 14.8 Å². The van der Waals surface area contributed by atoms with Crippen LogP contribution in [0.3, 0.4) is 0 Å². The molecule has 0 atom stereocenters. The molecule has 27 heavy (non-hydrogen) atoms. The van der Waals surface area contributed by atoms with Gasteiger partial charge in [-0.05, 0) is 42.2 Å². The lowest BCUT2D eigenvalue weighted by Gasteiger charge is -2.23. The maximum absolute atomic E-state index is 11.8. The predicted octanol–water partition coefficient (Wildman–Crippen LogP) is 6.83. The van der Waals surface area contributed by atoms with Crippen molar-refractivity contribution in [3.05, 3.63) is 45.9 Å². The van der Waals surface area contributed by atoms with E-state index in [1.165, 1.54) is 0 Å². The quantitative estimate of drug-likeness (QED) is 0.568. The van der Waals surface area contributed by atoms with Gasteiger partial charge in [0.25, 0.3) is 0 Å². The summed E-state index contributed by atoms with van der Waals surface area (Å²) in [4.78, 5) is 11.8. The van der Waals surface area contributed by atoms with E-state index in [1.54, 1.807) is 25.3 Å². The summed E-state index contributed by atoms with van der Waals surface area (Å²) >= 11 is 12.7. The zero-order chi connectivity index (χ0) is 20.2. The fraction of sp³-hybridized carbons (Fsp3) is 0.381. The molecule has 0 saturated carbocycles. The number of ether oxygens (including phenoxy) is 2. The monoisotopic (exact) mass is 409 g/mol. The molecule has 4 nitrogen and oxygen atoms in total. The van der Waals surface area contributed by atoms with Crippen molar-refractivity contribution in [3.63, 3.8) is 0 Å². The van der Waals surface area contributed by atoms with Gasteiger partial charge in [-0.25, -0.2) is 0 Å². The maximum Gasteiger partial charge on any atom is 0.224 e. The summed E-state index contributed by atoms with van der Waals surface area (Å²) in [7, 11) is 1.64. The van der Waals surface area contributed by atoms with E-state index in [0.29, 0.717) is 33.7 Å². The summed E-state index contributed by atoms with van der Waals surface area (Å²) in [5, 5.41) is 3.42.